The molecule has 5 heteroatoms. The van der Waals surface area contributed by atoms with Crippen molar-refractivity contribution in [1.82, 2.24) is 19.8 Å². The fraction of sp³-hybridized carbons (Fsp3) is 0.714. The molecule has 1 fully saturated rings. The van der Waals surface area contributed by atoms with Gasteiger partial charge in [-0.1, -0.05) is 25.6 Å². The predicted octanol–water partition coefficient (Wildman–Crippen LogP) is 2.40. The lowest BCUT2D eigenvalue weighted by Crippen LogP contribution is -2.32. The Bertz CT molecular complexity index is 471. The van der Waals surface area contributed by atoms with Gasteiger partial charge in [-0.15, -0.1) is 0 Å². The highest BCUT2D eigenvalue weighted by atomic mass is 32.1. The van der Waals surface area contributed by atoms with E-state index in [1.165, 1.54) is 12.1 Å². The molecule has 1 unspecified atom stereocenters. The van der Waals surface area contributed by atoms with E-state index in [-0.39, 0.29) is 0 Å². The van der Waals surface area contributed by atoms with Crippen LogP contribution < -0.4 is 0 Å². The van der Waals surface area contributed by atoms with Crippen molar-refractivity contribution in [1.29, 1.82) is 0 Å². The van der Waals surface area contributed by atoms with E-state index >= 15 is 0 Å². The maximum atomic E-state index is 5.31. The monoisotopic (exact) mass is 280 g/mol. The van der Waals surface area contributed by atoms with E-state index in [1.807, 2.05) is 6.07 Å². The second kappa shape index (κ2) is 6.59. The molecule has 2 rings (SSSR count). The summed E-state index contributed by atoms with van der Waals surface area (Å²) < 4.78 is 0.706. The number of rotatable bonds is 3. The van der Waals surface area contributed by atoms with Gasteiger partial charge in [-0.25, -0.2) is 4.98 Å². The van der Waals surface area contributed by atoms with Crippen molar-refractivity contribution in [2.24, 2.45) is 0 Å². The Morgan fingerprint density at radius 3 is 2.95 bits per heavy atom. The molecular formula is C14H24N4S. The number of aromatic nitrogens is 2. The van der Waals surface area contributed by atoms with Gasteiger partial charge in [0.25, 0.3) is 0 Å². The van der Waals surface area contributed by atoms with Crippen LogP contribution in [0.25, 0.3) is 0 Å². The average molecular weight is 280 g/mol. The van der Waals surface area contributed by atoms with Crippen LogP contribution in [0.15, 0.2) is 6.07 Å². The second-order valence-corrected chi connectivity index (χ2v) is 5.91. The van der Waals surface area contributed by atoms with Gasteiger partial charge in [0.2, 0.25) is 0 Å². The minimum atomic E-state index is 0.311. The Balaban J connectivity index is 2.30. The lowest BCUT2D eigenvalue weighted by Gasteiger charge is -2.26. The molecule has 1 aliphatic rings. The molecule has 0 amide bonds. The summed E-state index contributed by atoms with van der Waals surface area (Å²) in [4.78, 5) is 12.8. The van der Waals surface area contributed by atoms with Gasteiger partial charge < -0.3 is 9.88 Å². The minimum absolute atomic E-state index is 0.311. The zero-order valence-corrected chi connectivity index (χ0v) is 13.0. The molecule has 0 radical (unpaired) electrons. The number of nitrogens with zero attached hydrogens (tertiary/aromatic N) is 3. The molecular weight excluding hydrogens is 256 g/mol. The number of nitrogens with one attached hydrogen (secondary N) is 1. The summed E-state index contributed by atoms with van der Waals surface area (Å²) in [6.45, 7) is 5.44. The maximum absolute atomic E-state index is 5.31. The van der Waals surface area contributed by atoms with Crippen LogP contribution in [-0.4, -0.2) is 53.5 Å². The van der Waals surface area contributed by atoms with Crippen LogP contribution in [0.1, 0.15) is 37.3 Å². The molecule has 1 atom stereocenters. The molecule has 1 aromatic heterocycles. The zero-order chi connectivity index (χ0) is 13.8. The SMILES string of the molecule is CCCc1cc(=S)nc(C2CN(C)CCCN2C)[nH]1. The summed E-state index contributed by atoms with van der Waals surface area (Å²) in [7, 11) is 4.35. The maximum Gasteiger partial charge on any atom is 0.130 e. The van der Waals surface area contributed by atoms with Crippen molar-refractivity contribution < 1.29 is 0 Å². The summed E-state index contributed by atoms with van der Waals surface area (Å²) >= 11 is 5.31. The molecule has 1 aliphatic heterocycles. The Morgan fingerprint density at radius 1 is 1.42 bits per heavy atom. The Morgan fingerprint density at radius 2 is 2.21 bits per heavy atom. The van der Waals surface area contributed by atoms with Gasteiger partial charge in [0.15, 0.2) is 0 Å². The standard InChI is InChI=1S/C14H24N4S/c1-4-6-11-9-13(19)16-14(15-11)12-10-17(2)7-5-8-18(12)3/h9,12H,4-8,10H2,1-3H3,(H,15,16,19). The van der Waals surface area contributed by atoms with Crippen molar-refractivity contribution in [2.75, 3.05) is 33.7 Å². The first-order chi connectivity index (χ1) is 9.10. The fourth-order valence-electron chi connectivity index (χ4n) is 2.66. The number of aromatic amines is 1. The van der Waals surface area contributed by atoms with E-state index in [0.29, 0.717) is 10.7 Å². The number of hydrogen-bond acceptors (Lipinski definition) is 4. The number of H-pyrrole nitrogens is 1. The van der Waals surface area contributed by atoms with Crippen molar-refractivity contribution in [2.45, 2.75) is 32.2 Å². The van der Waals surface area contributed by atoms with Gasteiger partial charge in [-0.05, 0) is 46.1 Å². The first-order valence-electron chi connectivity index (χ1n) is 7.09. The smallest absolute Gasteiger partial charge is 0.130 e. The third kappa shape index (κ3) is 3.84. The van der Waals surface area contributed by atoms with Crippen LogP contribution >= 0.6 is 12.2 Å². The Kier molecular flexibility index (Phi) is 5.07. The van der Waals surface area contributed by atoms with E-state index in [0.717, 1.165) is 38.3 Å². The van der Waals surface area contributed by atoms with Crippen molar-refractivity contribution in [3.05, 3.63) is 22.2 Å². The van der Waals surface area contributed by atoms with Crippen LogP contribution in [0, 0.1) is 4.64 Å². The largest absolute Gasteiger partial charge is 0.346 e. The quantitative estimate of drug-likeness (QED) is 0.862. The van der Waals surface area contributed by atoms with Crippen LogP contribution in [-0.2, 0) is 6.42 Å². The molecule has 1 N–H and O–H groups in total. The molecule has 1 saturated heterocycles. The molecule has 0 saturated carbocycles. The van der Waals surface area contributed by atoms with E-state index < -0.39 is 0 Å². The van der Waals surface area contributed by atoms with Crippen molar-refractivity contribution in [3.8, 4) is 0 Å². The third-order valence-electron chi connectivity index (χ3n) is 3.72. The minimum Gasteiger partial charge on any atom is -0.346 e. The molecule has 0 spiro atoms. The molecule has 1 aromatic rings. The first kappa shape index (κ1) is 14.6. The molecule has 106 valence electrons. The van der Waals surface area contributed by atoms with Crippen LogP contribution in [0.3, 0.4) is 0 Å². The highest BCUT2D eigenvalue weighted by molar-refractivity contribution is 7.71. The molecule has 0 bridgehead atoms. The van der Waals surface area contributed by atoms with E-state index in [1.54, 1.807) is 0 Å². The summed E-state index contributed by atoms with van der Waals surface area (Å²) in [6.07, 6.45) is 3.36. The van der Waals surface area contributed by atoms with Crippen molar-refractivity contribution in [3.63, 3.8) is 0 Å². The molecule has 0 aliphatic carbocycles. The summed E-state index contributed by atoms with van der Waals surface area (Å²) in [5, 5.41) is 0. The highest BCUT2D eigenvalue weighted by Gasteiger charge is 2.24. The molecule has 2 heterocycles. The van der Waals surface area contributed by atoms with Crippen LogP contribution in [0.5, 0.6) is 0 Å². The number of hydrogen-bond donors (Lipinski definition) is 1. The average Bonchev–Trinajstić information content (AvgIpc) is 2.51. The van der Waals surface area contributed by atoms with Crippen LogP contribution in [0.4, 0.5) is 0 Å². The summed E-state index contributed by atoms with van der Waals surface area (Å²) in [5.74, 6) is 1.02. The van der Waals surface area contributed by atoms with Crippen LogP contribution in [0.2, 0.25) is 0 Å². The lowest BCUT2D eigenvalue weighted by atomic mass is 10.2. The Hall–Kier alpha value is -0.780. The van der Waals surface area contributed by atoms with Gasteiger partial charge in [-0.2, -0.15) is 0 Å². The normalized spacial score (nSPS) is 22.4. The second-order valence-electron chi connectivity index (χ2n) is 5.49. The summed E-state index contributed by atoms with van der Waals surface area (Å²) in [5.41, 5.74) is 1.21. The predicted molar refractivity (Wildman–Crippen MR) is 80.9 cm³/mol. The lowest BCUT2D eigenvalue weighted by molar-refractivity contribution is 0.219. The van der Waals surface area contributed by atoms with Gasteiger partial charge in [0.05, 0.1) is 6.04 Å². The molecule has 0 aromatic carbocycles. The summed E-state index contributed by atoms with van der Waals surface area (Å²) in [6, 6.07) is 2.30. The van der Waals surface area contributed by atoms with Gasteiger partial charge in [0.1, 0.15) is 10.5 Å². The topological polar surface area (TPSA) is 35.2 Å². The van der Waals surface area contributed by atoms with E-state index in [9.17, 15) is 0 Å². The van der Waals surface area contributed by atoms with Crippen molar-refractivity contribution >= 4 is 12.2 Å². The first-order valence-corrected chi connectivity index (χ1v) is 7.50. The number of aryl methyl sites for hydroxylation is 1. The third-order valence-corrected chi connectivity index (χ3v) is 3.93. The van der Waals surface area contributed by atoms with Gasteiger partial charge in [0, 0.05) is 12.2 Å². The zero-order valence-electron chi connectivity index (χ0n) is 12.1. The fourth-order valence-corrected chi connectivity index (χ4v) is 2.90. The van der Waals surface area contributed by atoms with Gasteiger partial charge in [-0.3, -0.25) is 4.90 Å². The molecule has 19 heavy (non-hydrogen) atoms. The molecule has 4 nitrogen and oxygen atoms in total. The van der Waals surface area contributed by atoms with Gasteiger partial charge >= 0.3 is 0 Å². The van der Waals surface area contributed by atoms with E-state index in [4.69, 9.17) is 12.2 Å². The number of likely N-dealkylation sites (N-methyl/N-ethyl adjacent to an activating group) is 2. The van der Waals surface area contributed by atoms with E-state index in [2.05, 4.69) is 40.8 Å². The highest BCUT2D eigenvalue weighted by Crippen LogP contribution is 2.20. The Labute approximate surface area is 120 Å².